The van der Waals surface area contributed by atoms with E-state index in [2.05, 4.69) is 96.9 Å². The molecule has 0 nitrogen and oxygen atoms in total. The molecule has 0 radical (unpaired) electrons. The molecule has 0 rings (SSSR count). The molecule has 0 N–H and O–H groups in total. The van der Waals surface area contributed by atoms with Crippen LogP contribution in [0.2, 0.25) is 0 Å². The second kappa shape index (κ2) is 30.7. The highest BCUT2D eigenvalue weighted by Crippen LogP contribution is 2.10. The zero-order valence-electron chi connectivity index (χ0n) is 23.0. The fourth-order valence-corrected chi connectivity index (χ4v) is 1.33. The summed E-state index contributed by atoms with van der Waals surface area (Å²) in [6, 6.07) is 0. The topological polar surface area (TPSA) is 0 Å². The summed E-state index contributed by atoms with van der Waals surface area (Å²) in [7, 11) is 0. The van der Waals surface area contributed by atoms with Gasteiger partial charge in [-0.3, -0.25) is 0 Å². The van der Waals surface area contributed by atoms with Crippen molar-refractivity contribution >= 4 is 0 Å². The van der Waals surface area contributed by atoms with Crippen molar-refractivity contribution in [2.75, 3.05) is 0 Å². The minimum Gasteiger partial charge on any atom is -0.0683 e. The Bertz CT molecular complexity index is 161. The maximum Gasteiger partial charge on any atom is -0.0471 e. The molecule has 0 fully saturated rings. The Morgan fingerprint density at radius 2 is 0.481 bits per heavy atom. The summed E-state index contributed by atoms with van der Waals surface area (Å²) >= 11 is 0. The van der Waals surface area contributed by atoms with Crippen molar-refractivity contribution in [3.05, 3.63) is 0 Å². The van der Waals surface area contributed by atoms with Crippen molar-refractivity contribution in [3.63, 3.8) is 0 Å². The number of hydrogen-bond donors (Lipinski definition) is 0. The first-order valence-electron chi connectivity index (χ1n) is 12.3. The van der Waals surface area contributed by atoms with Crippen LogP contribution in [0.3, 0.4) is 0 Å². The van der Waals surface area contributed by atoms with E-state index in [0.29, 0.717) is 0 Å². The Kier molecular flexibility index (Phi) is 42.9. The van der Waals surface area contributed by atoms with E-state index in [0.717, 1.165) is 35.5 Å². The molecule has 0 aromatic rings. The largest absolute Gasteiger partial charge is 0.0683 e. The van der Waals surface area contributed by atoms with E-state index >= 15 is 0 Å². The van der Waals surface area contributed by atoms with Crippen LogP contribution in [0.5, 0.6) is 0 Å². The van der Waals surface area contributed by atoms with Crippen molar-refractivity contribution in [3.8, 4) is 0 Å². The van der Waals surface area contributed by atoms with Gasteiger partial charge >= 0.3 is 0 Å². The predicted octanol–water partition coefficient (Wildman–Crippen LogP) is 10.9. The molecule has 0 aliphatic heterocycles. The first-order valence-corrected chi connectivity index (χ1v) is 12.3. The smallest absolute Gasteiger partial charge is 0.0471 e. The molecular weight excluding hydrogens is 324 g/mol. The highest BCUT2D eigenvalue weighted by Gasteiger charge is 1.96. The minimum atomic E-state index is 0.833. The van der Waals surface area contributed by atoms with E-state index in [4.69, 9.17) is 0 Å². The van der Waals surface area contributed by atoms with Gasteiger partial charge in [0.2, 0.25) is 0 Å². The van der Waals surface area contributed by atoms with Crippen molar-refractivity contribution in [2.45, 2.75) is 143 Å². The van der Waals surface area contributed by atoms with Gasteiger partial charge in [0.1, 0.15) is 0 Å². The summed E-state index contributed by atoms with van der Waals surface area (Å²) in [5, 5.41) is 0. The van der Waals surface area contributed by atoms with E-state index in [-0.39, 0.29) is 0 Å². The van der Waals surface area contributed by atoms with Crippen LogP contribution in [0.1, 0.15) is 143 Å². The summed E-state index contributed by atoms with van der Waals surface area (Å²) in [5.41, 5.74) is 0. The van der Waals surface area contributed by atoms with Gasteiger partial charge in [0.05, 0.1) is 0 Å². The van der Waals surface area contributed by atoms with Gasteiger partial charge in [0, 0.05) is 0 Å². The van der Waals surface area contributed by atoms with E-state index in [1.165, 1.54) is 32.1 Å². The minimum absolute atomic E-state index is 0.833. The molecule has 0 aromatic heterocycles. The van der Waals surface area contributed by atoms with Crippen molar-refractivity contribution in [2.24, 2.45) is 35.5 Å². The molecule has 0 aliphatic rings. The van der Waals surface area contributed by atoms with Crippen molar-refractivity contribution < 1.29 is 0 Å². The molecule has 0 saturated carbocycles. The van der Waals surface area contributed by atoms with Gasteiger partial charge in [0.25, 0.3) is 0 Å². The van der Waals surface area contributed by atoms with Crippen LogP contribution in [0.15, 0.2) is 0 Å². The zero-order chi connectivity index (χ0) is 23.0. The molecule has 172 valence electrons. The van der Waals surface area contributed by atoms with Crippen LogP contribution in [-0.4, -0.2) is 0 Å². The molecule has 0 aliphatic carbocycles. The lowest BCUT2D eigenvalue weighted by atomic mass is 10.0. The molecule has 0 atom stereocenters. The van der Waals surface area contributed by atoms with E-state index in [1.807, 2.05) is 13.8 Å². The molecule has 0 aromatic carbocycles. The van der Waals surface area contributed by atoms with E-state index in [9.17, 15) is 0 Å². The Balaban J connectivity index is -0.0000000799. The van der Waals surface area contributed by atoms with Gasteiger partial charge in [-0.2, -0.15) is 0 Å². The highest BCUT2D eigenvalue weighted by atomic mass is 14.0. The number of hydrogen-bond acceptors (Lipinski definition) is 0. The van der Waals surface area contributed by atoms with Gasteiger partial charge in [0.15, 0.2) is 0 Å². The van der Waals surface area contributed by atoms with Gasteiger partial charge < -0.3 is 0 Å². The lowest BCUT2D eigenvalue weighted by molar-refractivity contribution is 0.476. The Morgan fingerprint density at radius 3 is 0.519 bits per heavy atom. The van der Waals surface area contributed by atoms with Gasteiger partial charge in [-0.25, -0.2) is 0 Å². The van der Waals surface area contributed by atoms with Crippen LogP contribution in [0.25, 0.3) is 0 Å². The average Bonchev–Trinajstić information content (AvgIpc) is 2.53. The van der Waals surface area contributed by atoms with Gasteiger partial charge in [-0.1, -0.05) is 143 Å². The molecule has 27 heavy (non-hydrogen) atoms. The zero-order valence-corrected chi connectivity index (χ0v) is 23.0. The van der Waals surface area contributed by atoms with Gasteiger partial charge in [-0.15, -0.1) is 0 Å². The lowest BCUT2D eigenvalue weighted by Gasteiger charge is -2.05. The summed E-state index contributed by atoms with van der Waals surface area (Å²) < 4.78 is 0. The molecule has 0 heterocycles. The molecule has 0 spiro atoms. The third-order valence-electron chi connectivity index (χ3n) is 3.46. The van der Waals surface area contributed by atoms with Crippen LogP contribution in [0, 0.1) is 35.5 Å². The Labute approximate surface area is 178 Å². The molecule has 0 bridgehead atoms. The highest BCUT2D eigenvalue weighted by molar-refractivity contribution is 4.49. The average molecular weight is 389 g/mol. The SMILES string of the molecule is CC.CC(C)C.CC(C)CCC(C)C.CC(C)CCC(C)C.CCC(C)C. The Morgan fingerprint density at radius 1 is 0.370 bits per heavy atom. The van der Waals surface area contributed by atoms with Crippen LogP contribution in [-0.2, 0) is 0 Å². The Hall–Kier alpha value is 0. The second-order valence-corrected chi connectivity index (χ2v) is 10.3. The maximum atomic E-state index is 2.28. The van der Waals surface area contributed by atoms with Crippen LogP contribution < -0.4 is 0 Å². The molecule has 0 saturated heterocycles. The van der Waals surface area contributed by atoms with E-state index < -0.39 is 0 Å². The first kappa shape index (κ1) is 37.7. The van der Waals surface area contributed by atoms with Crippen molar-refractivity contribution in [1.29, 1.82) is 0 Å². The van der Waals surface area contributed by atoms with E-state index in [1.54, 1.807) is 0 Å². The maximum absolute atomic E-state index is 2.28. The molecular formula is C27H64. The monoisotopic (exact) mass is 389 g/mol. The molecule has 0 heteroatoms. The first-order chi connectivity index (χ1) is 12.3. The standard InChI is InChI=1S/2C8H18.C5H12.C4H10.C2H6/c2*1-7(2)5-6-8(3)4;1-4-5(2)3;1-4(2)3;1-2/h2*7-8H,5-6H2,1-4H3;5H,4H2,1-3H3;4H,1-3H3;1-2H3. The van der Waals surface area contributed by atoms with Gasteiger partial charge in [-0.05, 0) is 35.5 Å². The second-order valence-electron chi connectivity index (χ2n) is 10.3. The third kappa shape index (κ3) is 104. The summed E-state index contributed by atoms with van der Waals surface area (Å²) in [6.45, 7) is 35.4. The van der Waals surface area contributed by atoms with Crippen LogP contribution in [0.4, 0.5) is 0 Å². The fraction of sp³-hybridized carbons (Fsp3) is 1.00. The fourth-order valence-electron chi connectivity index (χ4n) is 1.33. The summed E-state index contributed by atoms with van der Waals surface area (Å²) in [6.07, 6.45) is 6.85. The normalized spacial score (nSPS) is 10.0. The number of rotatable bonds is 7. The lowest BCUT2D eigenvalue weighted by Crippen LogP contribution is -1.91. The quantitative estimate of drug-likeness (QED) is 0.406. The summed E-state index contributed by atoms with van der Waals surface area (Å²) in [4.78, 5) is 0. The third-order valence-corrected chi connectivity index (χ3v) is 3.46. The van der Waals surface area contributed by atoms with Crippen molar-refractivity contribution in [1.82, 2.24) is 0 Å². The van der Waals surface area contributed by atoms with Crippen LogP contribution >= 0.6 is 0 Å². The summed E-state index contributed by atoms with van der Waals surface area (Å²) in [5.74, 6) is 5.26. The molecule has 0 amide bonds. The predicted molar refractivity (Wildman–Crippen MR) is 135 cm³/mol. The molecule has 0 unspecified atom stereocenters.